The highest BCUT2D eigenvalue weighted by Crippen LogP contribution is 2.37. The minimum atomic E-state index is 0.254. The summed E-state index contributed by atoms with van der Waals surface area (Å²) >= 11 is 1.83. The van der Waals surface area contributed by atoms with Crippen LogP contribution in [-0.4, -0.2) is 31.1 Å². The summed E-state index contributed by atoms with van der Waals surface area (Å²) in [5.74, 6) is 0.980. The van der Waals surface area contributed by atoms with Gasteiger partial charge in [0.2, 0.25) is 0 Å². The molecule has 1 aliphatic rings. The average Bonchev–Trinajstić information content (AvgIpc) is 3.23. The SMILES string of the molecule is c1ccc(COc2ccccc2C(c2cccs2)N2CCNCC2)cc1. The van der Waals surface area contributed by atoms with Crippen molar-refractivity contribution in [3.05, 3.63) is 88.1 Å². The summed E-state index contributed by atoms with van der Waals surface area (Å²) in [6.07, 6.45) is 0. The largest absolute Gasteiger partial charge is 0.489 e. The van der Waals surface area contributed by atoms with Crippen LogP contribution in [0.2, 0.25) is 0 Å². The second-order valence-corrected chi connectivity index (χ2v) is 7.50. The molecule has 1 fully saturated rings. The van der Waals surface area contributed by atoms with Crippen molar-refractivity contribution in [1.29, 1.82) is 0 Å². The summed E-state index contributed by atoms with van der Waals surface area (Å²) in [6, 6.07) is 23.5. The Hall–Kier alpha value is -2.14. The summed E-state index contributed by atoms with van der Waals surface area (Å²) in [5, 5.41) is 5.62. The molecule has 4 rings (SSSR count). The third-order valence-corrected chi connectivity index (χ3v) is 5.70. The van der Waals surface area contributed by atoms with Crippen LogP contribution in [0.5, 0.6) is 5.75 Å². The predicted octanol–water partition coefficient (Wildman–Crippen LogP) is 4.32. The number of benzene rings is 2. The fourth-order valence-electron chi connectivity index (χ4n) is 3.49. The van der Waals surface area contributed by atoms with Gasteiger partial charge in [-0.2, -0.15) is 0 Å². The monoisotopic (exact) mass is 364 g/mol. The van der Waals surface area contributed by atoms with E-state index in [1.807, 2.05) is 17.4 Å². The van der Waals surface area contributed by atoms with Gasteiger partial charge in [-0.25, -0.2) is 0 Å². The zero-order valence-corrected chi connectivity index (χ0v) is 15.6. The van der Waals surface area contributed by atoms with E-state index in [1.165, 1.54) is 16.0 Å². The van der Waals surface area contributed by atoms with Crippen LogP contribution in [0.1, 0.15) is 22.0 Å². The maximum Gasteiger partial charge on any atom is 0.124 e. The molecular formula is C22H24N2OS. The maximum absolute atomic E-state index is 6.26. The molecule has 0 radical (unpaired) electrons. The number of nitrogens with one attached hydrogen (secondary N) is 1. The number of ether oxygens (including phenoxy) is 1. The Balaban J connectivity index is 1.63. The Labute approximate surface area is 159 Å². The molecule has 1 aromatic heterocycles. The van der Waals surface area contributed by atoms with Crippen LogP contribution in [-0.2, 0) is 6.61 Å². The topological polar surface area (TPSA) is 24.5 Å². The van der Waals surface area contributed by atoms with E-state index in [0.29, 0.717) is 6.61 Å². The third-order valence-electron chi connectivity index (χ3n) is 4.78. The van der Waals surface area contributed by atoms with Crippen molar-refractivity contribution >= 4 is 11.3 Å². The van der Waals surface area contributed by atoms with Crippen LogP contribution in [0, 0.1) is 0 Å². The fraction of sp³-hybridized carbons (Fsp3) is 0.273. The van der Waals surface area contributed by atoms with Crippen molar-refractivity contribution in [1.82, 2.24) is 10.2 Å². The first-order valence-corrected chi connectivity index (χ1v) is 10.0. The molecule has 26 heavy (non-hydrogen) atoms. The molecule has 0 saturated carbocycles. The van der Waals surface area contributed by atoms with Gasteiger partial charge in [-0.15, -0.1) is 11.3 Å². The molecule has 134 valence electrons. The highest BCUT2D eigenvalue weighted by Gasteiger charge is 2.27. The Kier molecular flexibility index (Phi) is 5.65. The molecule has 1 saturated heterocycles. The van der Waals surface area contributed by atoms with Gasteiger partial charge in [0.15, 0.2) is 0 Å². The summed E-state index contributed by atoms with van der Waals surface area (Å²) in [5.41, 5.74) is 2.45. The van der Waals surface area contributed by atoms with Crippen LogP contribution in [0.4, 0.5) is 0 Å². The Bertz CT molecular complexity index is 798. The number of hydrogen-bond donors (Lipinski definition) is 1. The molecule has 3 nitrogen and oxygen atoms in total. The molecule has 0 spiro atoms. The van der Waals surface area contributed by atoms with Crippen molar-refractivity contribution in [2.75, 3.05) is 26.2 Å². The predicted molar refractivity (Wildman–Crippen MR) is 108 cm³/mol. The number of piperazine rings is 1. The quantitative estimate of drug-likeness (QED) is 0.705. The molecule has 3 aromatic rings. The van der Waals surface area contributed by atoms with E-state index in [2.05, 4.69) is 76.3 Å². The van der Waals surface area contributed by atoms with E-state index in [0.717, 1.165) is 31.9 Å². The second kappa shape index (κ2) is 8.49. The van der Waals surface area contributed by atoms with Crippen molar-refractivity contribution in [3.63, 3.8) is 0 Å². The third kappa shape index (κ3) is 3.98. The van der Waals surface area contributed by atoms with Crippen LogP contribution in [0.15, 0.2) is 72.1 Å². The van der Waals surface area contributed by atoms with Gasteiger partial charge < -0.3 is 10.1 Å². The highest BCUT2D eigenvalue weighted by molar-refractivity contribution is 7.10. The number of nitrogens with zero attached hydrogens (tertiary/aromatic N) is 1. The summed E-state index contributed by atoms with van der Waals surface area (Å²) in [6.45, 7) is 4.77. The van der Waals surface area contributed by atoms with Crippen LogP contribution in [0.25, 0.3) is 0 Å². The summed E-state index contributed by atoms with van der Waals surface area (Å²) in [4.78, 5) is 3.94. The lowest BCUT2D eigenvalue weighted by atomic mass is 10.0. The normalized spacial score (nSPS) is 16.3. The molecule has 2 aromatic carbocycles. The van der Waals surface area contributed by atoms with Crippen molar-refractivity contribution < 1.29 is 4.74 Å². The second-order valence-electron chi connectivity index (χ2n) is 6.52. The first kappa shape index (κ1) is 17.3. The lowest BCUT2D eigenvalue weighted by Gasteiger charge is -2.35. The molecule has 0 amide bonds. The molecule has 2 heterocycles. The molecule has 1 unspecified atom stereocenters. The molecular weight excluding hydrogens is 340 g/mol. The van der Waals surface area contributed by atoms with E-state index in [-0.39, 0.29) is 6.04 Å². The Morgan fingerprint density at radius 1 is 0.923 bits per heavy atom. The zero-order valence-electron chi connectivity index (χ0n) is 14.8. The lowest BCUT2D eigenvalue weighted by molar-refractivity contribution is 0.195. The van der Waals surface area contributed by atoms with E-state index >= 15 is 0 Å². The van der Waals surface area contributed by atoms with E-state index in [9.17, 15) is 0 Å². The first-order valence-electron chi connectivity index (χ1n) is 9.15. The van der Waals surface area contributed by atoms with Gasteiger partial charge in [0.25, 0.3) is 0 Å². The van der Waals surface area contributed by atoms with Gasteiger partial charge in [-0.1, -0.05) is 54.6 Å². The number of thiophene rings is 1. The fourth-order valence-corrected chi connectivity index (χ4v) is 4.37. The Morgan fingerprint density at radius 2 is 1.69 bits per heavy atom. The van der Waals surface area contributed by atoms with Gasteiger partial charge in [-0.05, 0) is 23.1 Å². The maximum atomic E-state index is 6.26. The molecule has 1 N–H and O–H groups in total. The van der Waals surface area contributed by atoms with E-state index in [1.54, 1.807) is 0 Å². The summed E-state index contributed by atoms with van der Waals surface area (Å²) < 4.78 is 6.26. The van der Waals surface area contributed by atoms with Gasteiger partial charge in [0.1, 0.15) is 12.4 Å². The van der Waals surface area contributed by atoms with Crippen molar-refractivity contribution in [2.24, 2.45) is 0 Å². The lowest BCUT2D eigenvalue weighted by Crippen LogP contribution is -2.45. The molecule has 1 aliphatic heterocycles. The molecule has 1 atom stereocenters. The zero-order chi connectivity index (χ0) is 17.6. The average molecular weight is 365 g/mol. The number of rotatable bonds is 6. The number of para-hydroxylation sites is 1. The number of hydrogen-bond acceptors (Lipinski definition) is 4. The molecule has 0 aliphatic carbocycles. The minimum absolute atomic E-state index is 0.254. The van der Waals surface area contributed by atoms with Crippen molar-refractivity contribution in [2.45, 2.75) is 12.6 Å². The highest BCUT2D eigenvalue weighted by atomic mass is 32.1. The molecule has 4 heteroatoms. The Morgan fingerprint density at radius 3 is 2.46 bits per heavy atom. The van der Waals surface area contributed by atoms with Gasteiger partial charge in [-0.3, -0.25) is 4.90 Å². The van der Waals surface area contributed by atoms with Crippen LogP contribution < -0.4 is 10.1 Å². The minimum Gasteiger partial charge on any atom is -0.489 e. The van der Waals surface area contributed by atoms with Crippen LogP contribution >= 0.6 is 11.3 Å². The van der Waals surface area contributed by atoms with Crippen molar-refractivity contribution in [3.8, 4) is 5.75 Å². The van der Waals surface area contributed by atoms with Gasteiger partial charge in [0, 0.05) is 36.6 Å². The summed E-state index contributed by atoms with van der Waals surface area (Å²) in [7, 11) is 0. The van der Waals surface area contributed by atoms with E-state index in [4.69, 9.17) is 4.74 Å². The standard InChI is InChI=1S/C22H24N2OS/c1-2-7-18(8-3-1)17-25-20-10-5-4-9-19(20)22(21-11-6-16-26-21)24-14-12-23-13-15-24/h1-11,16,22-23H,12-15,17H2. The van der Waals surface area contributed by atoms with Gasteiger partial charge >= 0.3 is 0 Å². The van der Waals surface area contributed by atoms with Crippen LogP contribution in [0.3, 0.4) is 0 Å². The smallest absolute Gasteiger partial charge is 0.124 e. The first-order chi connectivity index (χ1) is 12.9. The van der Waals surface area contributed by atoms with Gasteiger partial charge in [0.05, 0.1) is 6.04 Å². The van der Waals surface area contributed by atoms with E-state index < -0.39 is 0 Å². The molecule has 0 bridgehead atoms.